The normalized spacial score (nSPS) is 11.9. The molecule has 19 heavy (non-hydrogen) atoms. The van der Waals surface area contributed by atoms with Crippen LogP contribution in [0.4, 0.5) is 5.82 Å². The average Bonchev–Trinajstić information content (AvgIpc) is 2.76. The Kier molecular flexibility index (Phi) is 3.84. The molecule has 0 spiro atoms. The zero-order chi connectivity index (χ0) is 13.9. The van der Waals surface area contributed by atoms with Gasteiger partial charge in [-0.2, -0.15) is 9.61 Å². The lowest BCUT2D eigenvalue weighted by Gasteiger charge is -2.24. The quantitative estimate of drug-likeness (QED) is 0.712. The Hall–Kier alpha value is -1.89. The molecule has 0 fully saturated rings. The van der Waals surface area contributed by atoms with Crippen molar-refractivity contribution in [2.24, 2.45) is 5.41 Å². The van der Waals surface area contributed by atoms with Gasteiger partial charge in [-0.05, 0) is 30.4 Å². The smallest absolute Gasteiger partial charge is 0.364 e. The second-order valence-electron chi connectivity index (χ2n) is 5.36. The van der Waals surface area contributed by atoms with Crippen molar-refractivity contribution in [3.8, 4) is 0 Å². The molecule has 104 valence electrons. The maximum absolute atomic E-state index is 11.4. The number of aromatic nitrogens is 4. The van der Waals surface area contributed by atoms with Gasteiger partial charge in [0, 0.05) is 13.2 Å². The van der Waals surface area contributed by atoms with E-state index in [1.165, 1.54) is 4.52 Å². The Morgan fingerprint density at radius 2 is 2.26 bits per heavy atom. The molecule has 0 amide bonds. The summed E-state index contributed by atoms with van der Waals surface area (Å²) in [4.78, 5) is 11.4. The van der Waals surface area contributed by atoms with Crippen molar-refractivity contribution in [2.75, 3.05) is 18.5 Å². The minimum atomic E-state index is -0.349. The highest BCUT2D eigenvalue weighted by atomic mass is 16.2. The Morgan fingerprint density at radius 3 is 3.00 bits per heavy atom. The number of nitrogens with one attached hydrogen (secondary N) is 2. The standard InChI is InChI=1S/C12H19N5O2/c1-12(2,6-3-7-18)8-13-9-4-5-10-14-15-11(19)17(10)16-9/h4-5,18H,3,6-8H2,1-2H3,(H,13,16)(H,15,19). The van der Waals surface area contributed by atoms with Gasteiger partial charge >= 0.3 is 5.69 Å². The Labute approximate surface area is 110 Å². The summed E-state index contributed by atoms with van der Waals surface area (Å²) in [5.41, 5.74) is 0.203. The van der Waals surface area contributed by atoms with E-state index >= 15 is 0 Å². The first kappa shape index (κ1) is 13.5. The van der Waals surface area contributed by atoms with Crippen LogP contribution in [0.3, 0.4) is 0 Å². The molecule has 7 heteroatoms. The van der Waals surface area contributed by atoms with Crippen molar-refractivity contribution in [1.29, 1.82) is 0 Å². The summed E-state index contributed by atoms with van der Waals surface area (Å²) in [5.74, 6) is 0.632. The van der Waals surface area contributed by atoms with Crippen LogP contribution in [0.5, 0.6) is 0 Å². The lowest BCUT2D eigenvalue weighted by atomic mass is 9.88. The van der Waals surface area contributed by atoms with E-state index < -0.39 is 0 Å². The van der Waals surface area contributed by atoms with Crippen molar-refractivity contribution >= 4 is 11.5 Å². The largest absolute Gasteiger partial charge is 0.396 e. The molecule has 0 saturated heterocycles. The summed E-state index contributed by atoms with van der Waals surface area (Å²) in [6.07, 6.45) is 1.70. The van der Waals surface area contributed by atoms with Gasteiger partial charge in [-0.3, -0.25) is 0 Å². The summed E-state index contributed by atoms with van der Waals surface area (Å²) in [6.45, 7) is 5.17. The monoisotopic (exact) mass is 265 g/mol. The van der Waals surface area contributed by atoms with Crippen LogP contribution in [0, 0.1) is 5.41 Å². The predicted octanol–water partition coefficient (Wildman–Crippen LogP) is 0.628. The number of fused-ring (bicyclic) bond motifs is 1. The highest BCUT2D eigenvalue weighted by Gasteiger charge is 2.17. The number of rotatable bonds is 6. The third-order valence-electron chi connectivity index (χ3n) is 3.03. The molecule has 0 aliphatic carbocycles. The maximum Gasteiger partial charge on any atom is 0.364 e. The molecule has 0 aromatic carbocycles. The molecule has 0 aliphatic heterocycles. The summed E-state index contributed by atoms with van der Waals surface area (Å²) >= 11 is 0. The van der Waals surface area contributed by atoms with E-state index in [0.29, 0.717) is 11.5 Å². The number of aliphatic hydroxyl groups is 1. The fourth-order valence-corrected chi connectivity index (χ4v) is 1.87. The molecule has 0 unspecified atom stereocenters. The summed E-state index contributed by atoms with van der Waals surface area (Å²) in [5, 5.41) is 22.4. The van der Waals surface area contributed by atoms with Gasteiger partial charge in [0.05, 0.1) is 0 Å². The number of aromatic amines is 1. The van der Waals surface area contributed by atoms with Gasteiger partial charge in [0.1, 0.15) is 5.82 Å². The van der Waals surface area contributed by atoms with E-state index in [9.17, 15) is 4.79 Å². The van der Waals surface area contributed by atoms with E-state index in [1.54, 1.807) is 12.1 Å². The van der Waals surface area contributed by atoms with E-state index in [0.717, 1.165) is 19.4 Å². The van der Waals surface area contributed by atoms with Gasteiger partial charge in [-0.1, -0.05) is 13.8 Å². The number of nitrogens with zero attached hydrogens (tertiary/aromatic N) is 3. The highest BCUT2D eigenvalue weighted by molar-refractivity contribution is 5.42. The number of hydrogen-bond acceptors (Lipinski definition) is 5. The van der Waals surface area contributed by atoms with E-state index in [4.69, 9.17) is 5.11 Å². The maximum atomic E-state index is 11.4. The van der Waals surface area contributed by atoms with Crippen LogP contribution in [0.15, 0.2) is 16.9 Å². The van der Waals surface area contributed by atoms with Gasteiger partial charge in [-0.25, -0.2) is 9.89 Å². The van der Waals surface area contributed by atoms with Gasteiger partial charge in [0.2, 0.25) is 0 Å². The van der Waals surface area contributed by atoms with Gasteiger partial charge < -0.3 is 10.4 Å². The lowest BCUT2D eigenvalue weighted by Crippen LogP contribution is -2.24. The fraction of sp³-hybridized carbons (Fsp3) is 0.583. The molecule has 0 radical (unpaired) electrons. The molecule has 2 rings (SSSR count). The second-order valence-corrected chi connectivity index (χ2v) is 5.36. The second kappa shape index (κ2) is 5.40. The highest BCUT2D eigenvalue weighted by Crippen LogP contribution is 2.22. The van der Waals surface area contributed by atoms with Crippen molar-refractivity contribution in [3.63, 3.8) is 0 Å². The van der Waals surface area contributed by atoms with Crippen LogP contribution in [0.2, 0.25) is 0 Å². The molecule has 7 nitrogen and oxygen atoms in total. The van der Waals surface area contributed by atoms with Gasteiger partial charge in [0.25, 0.3) is 0 Å². The molecule has 2 aromatic rings. The van der Waals surface area contributed by atoms with Gasteiger partial charge in [0.15, 0.2) is 5.65 Å². The summed E-state index contributed by atoms with van der Waals surface area (Å²) in [7, 11) is 0. The Morgan fingerprint density at radius 1 is 1.47 bits per heavy atom. The molecule has 2 aromatic heterocycles. The van der Waals surface area contributed by atoms with Gasteiger partial charge in [-0.15, -0.1) is 5.10 Å². The van der Waals surface area contributed by atoms with E-state index in [1.807, 2.05) is 0 Å². The molecule has 0 saturated carbocycles. The molecular weight excluding hydrogens is 246 g/mol. The molecule has 0 atom stereocenters. The number of aliphatic hydroxyl groups excluding tert-OH is 1. The van der Waals surface area contributed by atoms with Crippen molar-refractivity contribution in [3.05, 3.63) is 22.6 Å². The molecular formula is C12H19N5O2. The van der Waals surface area contributed by atoms with Crippen LogP contribution < -0.4 is 11.0 Å². The molecule has 3 N–H and O–H groups in total. The van der Waals surface area contributed by atoms with E-state index in [-0.39, 0.29) is 17.7 Å². The topological polar surface area (TPSA) is 95.3 Å². The van der Waals surface area contributed by atoms with Crippen LogP contribution in [0.1, 0.15) is 26.7 Å². The lowest BCUT2D eigenvalue weighted by molar-refractivity contribution is 0.248. The first-order valence-corrected chi connectivity index (χ1v) is 6.31. The zero-order valence-electron chi connectivity index (χ0n) is 11.2. The van der Waals surface area contributed by atoms with Crippen molar-refractivity contribution < 1.29 is 5.11 Å². The Balaban J connectivity index is 2.05. The van der Waals surface area contributed by atoms with Crippen LogP contribution in [-0.2, 0) is 0 Å². The third kappa shape index (κ3) is 3.31. The predicted molar refractivity (Wildman–Crippen MR) is 72.2 cm³/mol. The SMILES string of the molecule is CC(C)(CCCO)CNc1ccc2n[nH]c(=O)n2n1. The molecule has 2 heterocycles. The first-order chi connectivity index (χ1) is 9.02. The zero-order valence-corrected chi connectivity index (χ0v) is 11.2. The third-order valence-corrected chi connectivity index (χ3v) is 3.03. The van der Waals surface area contributed by atoms with Crippen LogP contribution in [0.25, 0.3) is 5.65 Å². The minimum absolute atomic E-state index is 0.0563. The minimum Gasteiger partial charge on any atom is -0.396 e. The van der Waals surface area contributed by atoms with Crippen molar-refractivity contribution in [1.82, 2.24) is 19.8 Å². The summed E-state index contributed by atoms with van der Waals surface area (Å²) in [6, 6.07) is 3.52. The number of hydrogen-bond donors (Lipinski definition) is 3. The molecule has 0 aliphatic rings. The first-order valence-electron chi connectivity index (χ1n) is 6.31. The fourth-order valence-electron chi connectivity index (χ4n) is 1.87. The Bertz CT molecular complexity index is 601. The van der Waals surface area contributed by atoms with E-state index in [2.05, 4.69) is 34.5 Å². The van der Waals surface area contributed by atoms with Crippen molar-refractivity contribution in [2.45, 2.75) is 26.7 Å². The number of H-pyrrole nitrogens is 1. The molecule has 0 bridgehead atoms. The average molecular weight is 265 g/mol. The van der Waals surface area contributed by atoms with Crippen LogP contribution in [-0.4, -0.2) is 38.1 Å². The number of anilines is 1. The summed E-state index contributed by atoms with van der Waals surface area (Å²) < 4.78 is 1.23. The van der Waals surface area contributed by atoms with Crippen LogP contribution >= 0.6 is 0 Å².